The van der Waals surface area contributed by atoms with E-state index in [1.807, 2.05) is 18.2 Å². The number of hydrogen-bond acceptors (Lipinski definition) is 3. The minimum Gasteiger partial charge on any atom is -0.352 e. The second-order valence-corrected chi connectivity index (χ2v) is 5.88. The molecule has 4 nitrogen and oxygen atoms in total. The van der Waals surface area contributed by atoms with Crippen LogP contribution in [0.5, 0.6) is 0 Å². The first-order valence-electron chi connectivity index (χ1n) is 6.74. The Morgan fingerprint density at radius 2 is 2.00 bits per heavy atom. The number of nitrogens with two attached hydrogens (primary N) is 1. The van der Waals surface area contributed by atoms with Gasteiger partial charge in [0.1, 0.15) is 0 Å². The summed E-state index contributed by atoms with van der Waals surface area (Å²) in [5.74, 6) is -0.0760. The van der Waals surface area contributed by atoms with Crippen molar-refractivity contribution >= 4 is 29.1 Å². The van der Waals surface area contributed by atoms with Crippen molar-refractivity contribution in [3.05, 3.63) is 33.8 Å². The van der Waals surface area contributed by atoms with Gasteiger partial charge in [-0.1, -0.05) is 29.3 Å². The first-order valence-corrected chi connectivity index (χ1v) is 7.50. The minimum atomic E-state index is -0.0760. The Bertz CT molecular complexity index is 473. The van der Waals surface area contributed by atoms with Crippen molar-refractivity contribution in [2.45, 2.75) is 25.4 Å². The van der Waals surface area contributed by atoms with Crippen molar-refractivity contribution in [3.8, 4) is 0 Å². The van der Waals surface area contributed by atoms with Crippen molar-refractivity contribution < 1.29 is 4.79 Å². The third kappa shape index (κ3) is 4.35. The van der Waals surface area contributed by atoms with Gasteiger partial charge in [-0.3, -0.25) is 9.69 Å². The maximum absolute atomic E-state index is 11.2. The lowest BCUT2D eigenvalue weighted by Crippen LogP contribution is -2.46. The molecule has 0 bridgehead atoms. The second kappa shape index (κ2) is 7.27. The zero-order valence-corrected chi connectivity index (χ0v) is 12.8. The summed E-state index contributed by atoms with van der Waals surface area (Å²) < 4.78 is 0. The van der Waals surface area contributed by atoms with Gasteiger partial charge in [-0.25, -0.2) is 0 Å². The van der Waals surface area contributed by atoms with Crippen LogP contribution in [-0.2, 0) is 11.3 Å². The standard InChI is InChI=1S/C14H19Cl2N3O/c15-12-2-1-10(7-13(12)16)9-19-5-3-11(4-6-19)18-14(20)8-17/h1-2,7,11H,3-6,8-9,17H2,(H,18,20). The fraction of sp³-hybridized carbons (Fsp3) is 0.500. The van der Waals surface area contributed by atoms with E-state index in [4.69, 9.17) is 28.9 Å². The van der Waals surface area contributed by atoms with E-state index in [0.29, 0.717) is 10.0 Å². The molecular weight excluding hydrogens is 297 g/mol. The average molecular weight is 316 g/mol. The fourth-order valence-electron chi connectivity index (χ4n) is 2.42. The summed E-state index contributed by atoms with van der Waals surface area (Å²) in [7, 11) is 0. The summed E-state index contributed by atoms with van der Waals surface area (Å²) >= 11 is 11.9. The zero-order chi connectivity index (χ0) is 14.5. The summed E-state index contributed by atoms with van der Waals surface area (Å²) in [5, 5.41) is 4.11. The number of amides is 1. The SMILES string of the molecule is NCC(=O)NC1CCN(Cc2ccc(Cl)c(Cl)c2)CC1. The lowest BCUT2D eigenvalue weighted by molar-refractivity contribution is -0.120. The molecule has 0 unspecified atom stereocenters. The largest absolute Gasteiger partial charge is 0.352 e. The summed E-state index contributed by atoms with van der Waals surface area (Å²) in [4.78, 5) is 13.6. The molecule has 0 aromatic heterocycles. The fourth-order valence-corrected chi connectivity index (χ4v) is 2.74. The smallest absolute Gasteiger partial charge is 0.233 e. The number of benzene rings is 1. The van der Waals surface area contributed by atoms with E-state index in [1.165, 1.54) is 0 Å². The molecule has 2 rings (SSSR count). The number of hydrogen-bond donors (Lipinski definition) is 2. The predicted octanol–water partition coefficient (Wildman–Crippen LogP) is 2.03. The van der Waals surface area contributed by atoms with Crippen molar-refractivity contribution in [3.63, 3.8) is 0 Å². The van der Waals surface area contributed by atoms with Crippen LogP contribution in [-0.4, -0.2) is 36.5 Å². The molecule has 1 heterocycles. The molecule has 0 spiro atoms. The van der Waals surface area contributed by atoms with Gasteiger partial charge in [-0.15, -0.1) is 0 Å². The number of carbonyl (C=O) groups excluding carboxylic acids is 1. The van der Waals surface area contributed by atoms with Crippen LogP contribution in [0.3, 0.4) is 0 Å². The number of piperidine rings is 1. The third-order valence-corrected chi connectivity index (χ3v) is 4.27. The van der Waals surface area contributed by atoms with Crippen LogP contribution in [0.1, 0.15) is 18.4 Å². The monoisotopic (exact) mass is 315 g/mol. The predicted molar refractivity (Wildman–Crippen MR) is 82.0 cm³/mol. The Kier molecular flexibility index (Phi) is 5.66. The Morgan fingerprint density at radius 1 is 1.30 bits per heavy atom. The van der Waals surface area contributed by atoms with Crippen molar-refractivity contribution in [2.24, 2.45) is 5.73 Å². The Hall–Kier alpha value is -0.810. The summed E-state index contributed by atoms with van der Waals surface area (Å²) in [6, 6.07) is 5.98. The molecule has 0 aliphatic carbocycles. The normalized spacial score (nSPS) is 17.1. The highest BCUT2D eigenvalue weighted by molar-refractivity contribution is 6.42. The van der Waals surface area contributed by atoms with Crippen LogP contribution >= 0.6 is 23.2 Å². The molecule has 3 N–H and O–H groups in total. The van der Waals surface area contributed by atoms with E-state index in [-0.39, 0.29) is 18.5 Å². The Balaban J connectivity index is 1.82. The number of nitrogens with one attached hydrogen (secondary N) is 1. The molecule has 1 amide bonds. The molecule has 1 aliphatic rings. The third-order valence-electron chi connectivity index (χ3n) is 3.53. The van der Waals surface area contributed by atoms with Gasteiger partial charge in [-0.2, -0.15) is 0 Å². The zero-order valence-electron chi connectivity index (χ0n) is 11.2. The van der Waals surface area contributed by atoms with Gasteiger partial charge in [0, 0.05) is 25.7 Å². The highest BCUT2D eigenvalue weighted by Gasteiger charge is 2.20. The topological polar surface area (TPSA) is 58.4 Å². The van der Waals surface area contributed by atoms with E-state index in [1.54, 1.807) is 0 Å². The second-order valence-electron chi connectivity index (χ2n) is 5.07. The first-order chi connectivity index (χ1) is 9.58. The van der Waals surface area contributed by atoms with Gasteiger partial charge in [0.2, 0.25) is 5.91 Å². The quantitative estimate of drug-likeness (QED) is 0.894. The summed E-state index contributed by atoms with van der Waals surface area (Å²) in [6.45, 7) is 2.82. The maximum atomic E-state index is 11.2. The Labute approximate surface area is 129 Å². The molecule has 0 saturated carbocycles. The molecule has 1 saturated heterocycles. The van der Waals surface area contributed by atoms with Gasteiger partial charge in [0.25, 0.3) is 0 Å². The van der Waals surface area contributed by atoms with Crippen molar-refractivity contribution in [1.29, 1.82) is 0 Å². The van der Waals surface area contributed by atoms with E-state index in [2.05, 4.69) is 10.2 Å². The van der Waals surface area contributed by atoms with Gasteiger partial charge in [-0.05, 0) is 30.5 Å². The van der Waals surface area contributed by atoms with Gasteiger partial charge >= 0.3 is 0 Å². The van der Waals surface area contributed by atoms with Crippen LogP contribution < -0.4 is 11.1 Å². The minimum absolute atomic E-state index is 0.0590. The maximum Gasteiger partial charge on any atom is 0.233 e. The summed E-state index contributed by atoms with van der Waals surface area (Å²) in [6.07, 6.45) is 1.90. The molecule has 1 aromatic carbocycles. The number of rotatable bonds is 4. The van der Waals surface area contributed by atoms with E-state index in [9.17, 15) is 4.79 Å². The highest BCUT2D eigenvalue weighted by Crippen LogP contribution is 2.24. The van der Waals surface area contributed by atoms with Crippen LogP contribution in [0.25, 0.3) is 0 Å². The Morgan fingerprint density at radius 3 is 2.60 bits per heavy atom. The molecule has 20 heavy (non-hydrogen) atoms. The van der Waals surface area contributed by atoms with Crippen LogP contribution in [0.2, 0.25) is 10.0 Å². The van der Waals surface area contributed by atoms with E-state index in [0.717, 1.165) is 38.0 Å². The molecule has 0 radical (unpaired) electrons. The van der Waals surface area contributed by atoms with Gasteiger partial charge in [0.15, 0.2) is 0 Å². The highest BCUT2D eigenvalue weighted by atomic mass is 35.5. The number of likely N-dealkylation sites (tertiary alicyclic amines) is 1. The van der Waals surface area contributed by atoms with Gasteiger partial charge in [0.05, 0.1) is 16.6 Å². The lowest BCUT2D eigenvalue weighted by atomic mass is 10.0. The van der Waals surface area contributed by atoms with Crippen LogP contribution in [0.15, 0.2) is 18.2 Å². The van der Waals surface area contributed by atoms with E-state index >= 15 is 0 Å². The first kappa shape index (κ1) is 15.6. The van der Waals surface area contributed by atoms with Crippen LogP contribution in [0, 0.1) is 0 Å². The molecule has 6 heteroatoms. The van der Waals surface area contributed by atoms with E-state index < -0.39 is 0 Å². The number of nitrogens with zero attached hydrogens (tertiary/aromatic N) is 1. The van der Waals surface area contributed by atoms with Crippen molar-refractivity contribution in [2.75, 3.05) is 19.6 Å². The number of carbonyl (C=O) groups is 1. The molecule has 0 atom stereocenters. The molecule has 110 valence electrons. The summed E-state index contributed by atoms with van der Waals surface area (Å²) in [5.41, 5.74) is 6.46. The lowest BCUT2D eigenvalue weighted by Gasteiger charge is -2.32. The average Bonchev–Trinajstić information content (AvgIpc) is 2.45. The molecule has 1 fully saturated rings. The molecular formula is C14H19Cl2N3O. The van der Waals surface area contributed by atoms with Crippen LogP contribution in [0.4, 0.5) is 0 Å². The van der Waals surface area contributed by atoms with Crippen molar-refractivity contribution in [1.82, 2.24) is 10.2 Å². The molecule has 1 aromatic rings. The van der Waals surface area contributed by atoms with Gasteiger partial charge < -0.3 is 11.1 Å². The molecule has 1 aliphatic heterocycles. The number of halogens is 2.